The van der Waals surface area contributed by atoms with Crippen molar-refractivity contribution in [3.8, 4) is 0 Å². The zero-order valence-corrected chi connectivity index (χ0v) is 16.1. The maximum absolute atomic E-state index is 13.7. The van der Waals surface area contributed by atoms with Crippen molar-refractivity contribution >= 4 is 29.0 Å². The Morgan fingerprint density at radius 3 is 2.59 bits per heavy atom. The lowest BCUT2D eigenvalue weighted by molar-refractivity contribution is -0.115. The first kappa shape index (κ1) is 16.8. The fourth-order valence-electron chi connectivity index (χ4n) is 5.50. The Kier molecular flexibility index (Phi) is 3.16. The summed E-state index contributed by atoms with van der Waals surface area (Å²) >= 11 is 0. The molecule has 3 aliphatic heterocycles. The molecule has 5 heterocycles. The van der Waals surface area contributed by atoms with Gasteiger partial charge in [-0.05, 0) is 49.3 Å². The first-order chi connectivity index (χ1) is 14.0. The largest absolute Gasteiger partial charge is 0.350 e. The maximum Gasteiger partial charge on any atom is 0.277 e. The first-order valence-corrected chi connectivity index (χ1v) is 10.2. The Labute approximate surface area is 166 Å². The Morgan fingerprint density at radius 2 is 1.79 bits per heavy atom. The van der Waals surface area contributed by atoms with Gasteiger partial charge in [0.05, 0.1) is 12.1 Å². The number of pyridine rings is 2. The molecule has 2 aromatic rings. The summed E-state index contributed by atoms with van der Waals surface area (Å²) in [5.74, 6) is 0.312. The molecule has 0 saturated heterocycles. The lowest BCUT2D eigenvalue weighted by Crippen LogP contribution is -2.49. The van der Waals surface area contributed by atoms with Crippen LogP contribution in [0, 0.1) is 6.92 Å². The Morgan fingerprint density at radius 1 is 1.00 bits per heavy atom. The van der Waals surface area contributed by atoms with E-state index in [-0.39, 0.29) is 23.8 Å². The van der Waals surface area contributed by atoms with Crippen LogP contribution in [-0.4, -0.2) is 21.4 Å². The number of carbonyl (C=O) groups excluding carboxylic acids is 2. The van der Waals surface area contributed by atoms with Crippen molar-refractivity contribution in [2.45, 2.75) is 57.5 Å². The van der Waals surface area contributed by atoms with Gasteiger partial charge in [0, 0.05) is 18.2 Å². The van der Waals surface area contributed by atoms with Crippen molar-refractivity contribution in [3.05, 3.63) is 44.5 Å². The Hall–Kier alpha value is -3.16. The molecule has 1 saturated carbocycles. The molecular formula is C21H21N5O3. The average Bonchev–Trinajstić information content (AvgIpc) is 3.22. The highest BCUT2D eigenvalue weighted by atomic mass is 16.2. The third kappa shape index (κ3) is 2.08. The van der Waals surface area contributed by atoms with Gasteiger partial charge in [0.15, 0.2) is 0 Å². The molecule has 6 rings (SSSR count). The normalized spacial score (nSPS) is 20.3. The third-order valence-electron chi connectivity index (χ3n) is 6.89. The summed E-state index contributed by atoms with van der Waals surface area (Å²) in [5, 5.41) is 9.23. The molecule has 8 heteroatoms. The van der Waals surface area contributed by atoms with Crippen LogP contribution in [0.3, 0.4) is 0 Å². The van der Waals surface area contributed by atoms with E-state index in [0.717, 1.165) is 60.0 Å². The second-order valence-corrected chi connectivity index (χ2v) is 8.53. The van der Waals surface area contributed by atoms with Gasteiger partial charge in [-0.15, -0.1) is 0 Å². The minimum Gasteiger partial charge on any atom is -0.350 e. The monoisotopic (exact) mass is 391 g/mol. The summed E-state index contributed by atoms with van der Waals surface area (Å²) < 4.78 is 1.71. The van der Waals surface area contributed by atoms with Gasteiger partial charge >= 0.3 is 0 Å². The molecule has 0 atom stereocenters. The lowest BCUT2D eigenvalue weighted by atomic mass is 9.88. The van der Waals surface area contributed by atoms with Crippen molar-refractivity contribution in [1.29, 1.82) is 0 Å². The number of hydrogen-bond donors (Lipinski definition) is 3. The fourth-order valence-corrected chi connectivity index (χ4v) is 5.50. The van der Waals surface area contributed by atoms with Crippen molar-refractivity contribution in [2.24, 2.45) is 0 Å². The number of nitrogens with zero attached hydrogens (tertiary/aromatic N) is 2. The molecule has 4 aliphatic rings. The van der Waals surface area contributed by atoms with Crippen LogP contribution in [0.2, 0.25) is 0 Å². The van der Waals surface area contributed by atoms with E-state index in [1.807, 2.05) is 6.92 Å². The topological polar surface area (TPSA) is 105 Å². The number of aromatic nitrogens is 2. The number of fused-ring (bicyclic) bond motifs is 6. The number of hydrogen-bond acceptors (Lipinski definition) is 5. The van der Waals surface area contributed by atoms with Gasteiger partial charge in [0.1, 0.15) is 22.9 Å². The smallest absolute Gasteiger partial charge is 0.277 e. The van der Waals surface area contributed by atoms with E-state index in [1.165, 1.54) is 0 Å². The van der Waals surface area contributed by atoms with E-state index in [2.05, 4.69) is 20.9 Å². The van der Waals surface area contributed by atoms with E-state index in [9.17, 15) is 14.4 Å². The van der Waals surface area contributed by atoms with Gasteiger partial charge in [0.2, 0.25) is 5.91 Å². The molecule has 3 N–H and O–H groups in total. The highest BCUT2D eigenvalue weighted by molar-refractivity contribution is 6.01. The van der Waals surface area contributed by atoms with E-state index in [4.69, 9.17) is 0 Å². The minimum atomic E-state index is -0.610. The van der Waals surface area contributed by atoms with E-state index >= 15 is 0 Å². The van der Waals surface area contributed by atoms with Gasteiger partial charge in [0.25, 0.3) is 11.5 Å². The predicted octanol–water partition coefficient (Wildman–Crippen LogP) is 2.05. The second-order valence-electron chi connectivity index (χ2n) is 8.53. The molecule has 148 valence electrons. The molecule has 0 radical (unpaired) electrons. The molecule has 1 fully saturated rings. The Balaban J connectivity index is 1.57. The fraction of sp³-hybridized carbons (Fsp3) is 0.429. The van der Waals surface area contributed by atoms with Crippen LogP contribution in [0.4, 0.5) is 17.2 Å². The van der Waals surface area contributed by atoms with E-state index < -0.39 is 5.66 Å². The van der Waals surface area contributed by atoms with Crippen LogP contribution in [0.5, 0.6) is 0 Å². The summed E-state index contributed by atoms with van der Waals surface area (Å²) in [4.78, 5) is 42.8. The number of anilines is 3. The molecular weight excluding hydrogens is 370 g/mol. The van der Waals surface area contributed by atoms with E-state index in [0.29, 0.717) is 23.6 Å². The SMILES string of the molecule is Cc1c2c(c(=O)n3c1C(=O)NC31CCCCC1)Nc1c(cnc3c1CC(=O)N3)C2. The van der Waals surface area contributed by atoms with Crippen LogP contribution in [0.25, 0.3) is 0 Å². The van der Waals surface area contributed by atoms with Gasteiger partial charge in [-0.3, -0.25) is 19.0 Å². The van der Waals surface area contributed by atoms with Gasteiger partial charge in [-0.2, -0.15) is 0 Å². The predicted molar refractivity (Wildman–Crippen MR) is 107 cm³/mol. The second kappa shape index (κ2) is 5.46. The van der Waals surface area contributed by atoms with Crippen LogP contribution in [0.15, 0.2) is 11.0 Å². The van der Waals surface area contributed by atoms with Crippen LogP contribution in [-0.2, 0) is 23.3 Å². The van der Waals surface area contributed by atoms with Crippen molar-refractivity contribution in [2.75, 3.05) is 10.6 Å². The molecule has 0 aromatic carbocycles. The molecule has 1 spiro atoms. The van der Waals surface area contributed by atoms with Crippen LogP contribution < -0.4 is 21.5 Å². The summed E-state index contributed by atoms with van der Waals surface area (Å²) in [6, 6.07) is 0. The van der Waals surface area contributed by atoms with Gasteiger partial charge < -0.3 is 16.0 Å². The molecule has 2 aromatic heterocycles. The molecule has 8 nitrogen and oxygen atoms in total. The van der Waals surface area contributed by atoms with Gasteiger partial charge in [-0.25, -0.2) is 4.98 Å². The van der Waals surface area contributed by atoms with Gasteiger partial charge in [-0.1, -0.05) is 6.42 Å². The molecule has 2 amide bonds. The van der Waals surface area contributed by atoms with Crippen molar-refractivity contribution in [3.63, 3.8) is 0 Å². The zero-order valence-electron chi connectivity index (χ0n) is 16.1. The maximum atomic E-state index is 13.7. The van der Waals surface area contributed by atoms with E-state index in [1.54, 1.807) is 10.8 Å². The zero-order chi connectivity index (χ0) is 19.9. The summed E-state index contributed by atoms with van der Waals surface area (Å²) in [7, 11) is 0. The molecule has 0 bridgehead atoms. The third-order valence-corrected chi connectivity index (χ3v) is 6.89. The summed E-state index contributed by atoms with van der Waals surface area (Å²) in [6.07, 6.45) is 7.16. The number of rotatable bonds is 0. The number of amides is 2. The summed E-state index contributed by atoms with van der Waals surface area (Å²) in [6.45, 7) is 1.92. The molecule has 0 unspecified atom stereocenters. The number of carbonyl (C=O) groups is 2. The Bertz CT molecular complexity index is 1190. The first-order valence-electron chi connectivity index (χ1n) is 10.2. The highest BCUT2D eigenvalue weighted by Gasteiger charge is 2.46. The average molecular weight is 391 g/mol. The number of nitrogens with one attached hydrogen (secondary N) is 3. The molecule has 1 aliphatic carbocycles. The van der Waals surface area contributed by atoms with Crippen molar-refractivity contribution in [1.82, 2.24) is 14.9 Å². The summed E-state index contributed by atoms with van der Waals surface area (Å²) in [5.41, 5.74) is 4.47. The minimum absolute atomic E-state index is 0.0914. The van der Waals surface area contributed by atoms with Crippen molar-refractivity contribution < 1.29 is 9.59 Å². The van der Waals surface area contributed by atoms with Crippen LogP contribution in [0.1, 0.15) is 64.8 Å². The standard InChI is InChI=1S/C21H21N5O3/c1-10-12-7-11-9-22-18-13(8-14(27)23-18)15(11)24-16(12)20(29)26-17(10)19(28)25-21(26)5-3-2-4-6-21/h9,24H,2-8H2,1H3,(H,25,28)(H,22,23,27). The quantitative estimate of drug-likeness (QED) is 0.544. The molecule has 29 heavy (non-hydrogen) atoms. The highest BCUT2D eigenvalue weighted by Crippen LogP contribution is 2.42. The lowest BCUT2D eigenvalue weighted by Gasteiger charge is -2.36. The van der Waals surface area contributed by atoms with Crippen LogP contribution >= 0.6 is 0 Å².